The lowest BCUT2D eigenvalue weighted by Crippen LogP contribution is -2.11. The molecule has 0 saturated carbocycles. The van der Waals surface area contributed by atoms with Crippen LogP contribution in [-0.2, 0) is 0 Å². The molecule has 1 aromatic carbocycles. The van der Waals surface area contributed by atoms with Crippen LogP contribution in [0.25, 0.3) is 22.6 Å². The minimum absolute atomic E-state index is 0.441. The highest BCUT2D eigenvalue weighted by molar-refractivity contribution is 5.94. The maximum absolute atomic E-state index is 11.4. The number of benzene rings is 1. The predicted molar refractivity (Wildman–Crippen MR) is 84.0 cm³/mol. The number of pyridine rings is 1. The summed E-state index contributed by atoms with van der Waals surface area (Å²) < 4.78 is 0. The van der Waals surface area contributed by atoms with E-state index in [0.29, 0.717) is 11.4 Å². The molecule has 0 aliphatic rings. The first-order valence-electron chi connectivity index (χ1n) is 6.79. The summed E-state index contributed by atoms with van der Waals surface area (Å²) in [5.74, 6) is 0.0895. The largest absolute Gasteiger partial charge is 0.366 e. The van der Waals surface area contributed by atoms with Crippen molar-refractivity contribution in [3.63, 3.8) is 0 Å². The van der Waals surface area contributed by atoms with E-state index in [1.54, 1.807) is 30.7 Å². The summed E-state index contributed by atoms with van der Waals surface area (Å²) in [6.45, 7) is 1.94. The third-order valence-corrected chi connectivity index (χ3v) is 3.38. The molecule has 0 saturated heterocycles. The Balaban J connectivity index is 2.10. The molecule has 0 unspecified atom stereocenters. The first-order valence-corrected chi connectivity index (χ1v) is 6.79. The Hall–Kier alpha value is -3.08. The highest BCUT2D eigenvalue weighted by atomic mass is 16.1. The Morgan fingerprint density at radius 2 is 2.00 bits per heavy atom. The van der Waals surface area contributed by atoms with Gasteiger partial charge in [0.1, 0.15) is 0 Å². The van der Waals surface area contributed by atoms with Gasteiger partial charge in [-0.25, -0.2) is 9.97 Å². The molecule has 22 heavy (non-hydrogen) atoms. The van der Waals surface area contributed by atoms with Gasteiger partial charge in [-0.2, -0.15) is 0 Å². The molecule has 0 aliphatic carbocycles. The van der Waals surface area contributed by atoms with Crippen LogP contribution in [0.3, 0.4) is 0 Å². The summed E-state index contributed by atoms with van der Waals surface area (Å²) in [6, 6.07) is 10.9. The second-order valence-electron chi connectivity index (χ2n) is 4.90. The number of aryl methyl sites for hydroxylation is 1. The number of nitrogens with zero attached hydrogens (tertiary/aromatic N) is 3. The van der Waals surface area contributed by atoms with E-state index in [4.69, 9.17) is 5.73 Å². The lowest BCUT2D eigenvalue weighted by atomic mass is 10.0. The Morgan fingerprint density at radius 1 is 1.14 bits per heavy atom. The molecule has 1 amide bonds. The van der Waals surface area contributed by atoms with Gasteiger partial charge < -0.3 is 5.73 Å². The number of primary amides is 1. The van der Waals surface area contributed by atoms with Crippen LogP contribution in [0.5, 0.6) is 0 Å². The highest BCUT2D eigenvalue weighted by Gasteiger charge is 2.10. The molecule has 0 radical (unpaired) electrons. The SMILES string of the molecule is Cc1ccc(C(N)=O)cc1-c1nccc(-c2cccnc2)n1. The van der Waals surface area contributed by atoms with Gasteiger partial charge in [-0.05, 0) is 42.8 Å². The quantitative estimate of drug-likeness (QED) is 0.804. The average Bonchev–Trinajstić information content (AvgIpc) is 2.56. The molecule has 2 N–H and O–H groups in total. The van der Waals surface area contributed by atoms with Gasteiger partial charge >= 0.3 is 0 Å². The van der Waals surface area contributed by atoms with Gasteiger partial charge in [0.15, 0.2) is 5.82 Å². The Labute approximate surface area is 127 Å². The number of carbonyl (C=O) groups is 1. The number of hydrogen-bond donors (Lipinski definition) is 1. The minimum Gasteiger partial charge on any atom is -0.366 e. The topological polar surface area (TPSA) is 81.8 Å². The summed E-state index contributed by atoms with van der Waals surface area (Å²) in [5.41, 5.74) is 9.25. The third kappa shape index (κ3) is 2.69. The molecule has 3 rings (SSSR count). The zero-order valence-corrected chi connectivity index (χ0v) is 12.0. The third-order valence-electron chi connectivity index (χ3n) is 3.38. The number of rotatable bonds is 3. The predicted octanol–water partition coefficient (Wildman–Crippen LogP) is 2.61. The van der Waals surface area contributed by atoms with Crippen molar-refractivity contribution in [1.82, 2.24) is 15.0 Å². The van der Waals surface area contributed by atoms with Crippen LogP contribution in [0.15, 0.2) is 55.0 Å². The monoisotopic (exact) mass is 290 g/mol. The number of nitrogens with two attached hydrogens (primary N) is 1. The van der Waals surface area contributed by atoms with Crippen LogP contribution in [-0.4, -0.2) is 20.9 Å². The van der Waals surface area contributed by atoms with Gasteiger partial charge in [0.25, 0.3) is 0 Å². The Bertz CT molecular complexity index is 831. The molecule has 2 aromatic heterocycles. The molecule has 0 spiro atoms. The van der Waals surface area contributed by atoms with E-state index in [2.05, 4.69) is 15.0 Å². The standard InChI is InChI=1S/C17H14N4O/c1-11-4-5-12(16(18)22)9-14(11)17-20-8-6-15(21-17)13-3-2-7-19-10-13/h2-10H,1H3,(H2,18,22). The first-order chi connectivity index (χ1) is 10.6. The van der Waals surface area contributed by atoms with Crippen molar-refractivity contribution in [2.45, 2.75) is 6.92 Å². The molecule has 3 aromatic rings. The molecule has 0 aliphatic heterocycles. The fourth-order valence-electron chi connectivity index (χ4n) is 2.18. The molecule has 5 heteroatoms. The van der Waals surface area contributed by atoms with Gasteiger partial charge in [0.2, 0.25) is 5.91 Å². The van der Waals surface area contributed by atoms with Crippen molar-refractivity contribution in [3.8, 4) is 22.6 Å². The van der Waals surface area contributed by atoms with Crippen LogP contribution in [0.4, 0.5) is 0 Å². The van der Waals surface area contributed by atoms with Crippen molar-refractivity contribution in [3.05, 3.63) is 66.1 Å². The van der Waals surface area contributed by atoms with Crippen molar-refractivity contribution in [1.29, 1.82) is 0 Å². The molecule has 2 heterocycles. The molecule has 5 nitrogen and oxygen atoms in total. The van der Waals surface area contributed by atoms with E-state index in [0.717, 1.165) is 22.4 Å². The first kappa shape index (κ1) is 13.9. The summed E-state index contributed by atoms with van der Waals surface area (Å²) in [4.78, 5) is 24.3. The zero-order chi connectivity index (χ0) is 15.5. The van der Waals surface area contributed by atoms with Crippen LogP contribution in [0.2, 0.25) is 0 Å². The molecule has 0 bridgehead atoms. The van der Waals surface area contributed by atoms with E-state index in [1.807, 2.05) is 31.2 Å². The Morgan fingerprint density at radius 3 is 2.73 bits per heavy atom. The fourth-order valence-corrected chi connectivity index (χ4v) is 2.18. The van der Waals surface area contributed by atoms with E-state index < -0.39 is 5.91 Å². The lowest BCUT2D eigenvalue weighted by Gasteiger charge is -2.08. The van der Waals surface area contributed by atoms with Gasteiger partial charge in [0, 0.05) is 35.3 Å². The normalized spacial score (nSPS) is 10.4. The average molecular weight is 290 g/mol. The van der Waals surface area contributed by atoms with Crippen molar-refractivity contribution >= 4 is 5.91 Å². The maximum atomic E-state index is 11.4. The number of carbonyl (C=O) groups excluding carboxylic acids is 1. The van der Waals surface area contributed by atoms with E-state index in [1.165, 1.54) is 0 Å². The molecule has 0 atom stereocenters. The van der Waals surface area contributed by atoms with Gasteiger partial charge in [-0.15, -0.1) is 0 Å². The summed E-state index contributed by atoms with van der Waals surface area (Å²) in [5, 5.41) is 0. The fraction of sp³-hybridized carbons (Fsp3) is 0.0588. The van der Waals surface area contributed by atoms with Gasteiger partial charge in [0.05, 0.1) is 5.69 Å². The van der Waals surface area contributed by atoms with Gasteiger partial charge in [-0.3, -0.25) is 9.78 Å². The summed E-state index contributed by atoms with van der Waals surface area (Å²) in [6.07, 6.45) is 5.16. The van der Waals surface area contributed by atoms with Crippen LogP contribution < -0.4 is 5.73 Å². The second-order valence-corrected chi connectivity index (χ2v) is 4.90. The number of aromatic nitrogens is 3. The summed E-state index contributed by atoms with van der Waals surface area (Å²) >= 11 is 0. The second kappa shape index (κ2) is 5.73. The zero-order valence-electron chi connectivity index (χ0n) is 12.0. The van der Waals surface area contributed by atoms with E-state index in [-0.39, 0.29) is 0 Å². The van der Waals surface area contributed by atoms with Crippen molar-refractivity contribution in [2.24, 2.45) is 5.73 Å². The van der Waals surface area contributed by atoms with E-state index >= 15 is 0 Å². The molecule has 108 valence electrons. The Kier molecular flexibility index (Phi) is 3.62. The van der Waals surface area contributed by atoms with E-state index in [9.17, 15) is 4.79 Å². The molecule has 0 fully saturated rings. The lowest BCUT2D eigenvalue weighted by molar-refractivity contribution is 0.100. The van der Waals surface area contributed by atoms with Crippen molar-refractivity contribution in [2.75, 3.05) is 0 Å². The smallest absolute Gasteiger partial charge is 0.248 e. The van der Waals surface area contributed by atoms with Crippen LogP contribution in [0, 0.1) is 6.92 Å². The summed E-state index contributed by atoms with van der Waals surface area (Å²) in [7, 11) is 0. The number of amides is 1. The maximum Gasteiger partial charge on any atom is 0.248 e. The highest BCUT2D eigenvalue weighted by Crippen LogP contribution is 2.24. The molecular formula is C17H14N4O. The van der Waals surface area contributed by atoms with Gasteiger partial charge in [-0.1, -0.05) is 6.07 Å². The molecular weight excluding hydrogens is 276 g/mol. The minimum atomic E-state index is -0.468. The van der Waals surface area contributed by atoms with Crippen molar-refractivity contribution < 1.29 is 4.79 Å². The van der Waals surface area contributed by atoms with Crippen LogP contribution >= 0.6 is 0 Å². The number of hydrogen-bond acceptors (Lipinski definition) is 4. The van der Waals surface area contributed by atoms with Crippen LogP contribution in [0.1, 0.15) is 15.9 Å².